The fourth-order valence-corrected chi connectivity index (χ4v) is 1.95. The highest BCUT2D eigenvalue weighted by Crippen LogP contribution is 2.28. The Bertz CT molecular complexity index is 614. The van der Waals surface area contributed by atoms with Crippen LogP contribution in [0.25, 0.3) is 10.9 Å². The average molecular weight is 246 g/mol. The van der Waals surface area contributed by atoms with Crippen molar-refractivity contribution in [3.63, 3.8) is 0 Å². The van der Waals surface area contributed by atoms with E-state index in [-0.39, 0.29) is 12.0 Å². The number of fused-ring (bicyclic) bond motifs is 1. The second-order valence-corrected chi connectivity index (χ2v) is 4.54. The van der Waals surface area contributed by atoms with Gasteiger partial charge in [0.15, 0.2) is 0 Å². The Labute approximate surface area is 104 Å². The van der Waals surface area contributed by atoms with E-state index >= 15 is 0 Å². The van der Waals surface area contributed by atoms with Gasteiger partial charge in [-0.15, -0.1) is 0 Å². The standard InChI is InChI=1S/C13H14N2O3/c1-8-3-12-11(5-14-15(12)9(2)16)13(4-8)18-7-10-6-17-10/h3-5,10H,6-7H2,1-2H3. The Hall–Kier alpha value is -1.88. The molecule has 18 heavy (non-hydrogen) atoms. The Balaban J connectivity index is 2.03. The summed E-state index contributed by atoms with van der Waals surface area (Å²) in [5.41, 5.74) is 1.83. The topological polar surface area (TPSA) is 56.7 Å². The SMILES string of the molecule is CC(=O)n1ncc2c(OCC3CO3)cc(C)cc21. The average Bonchev–Trinajstić information content (AvgIpc) is 3.04. The van der Waals surface area contributed by atoms with Gasteiger partial charge in [-0.25, -0.2) is 4.68 Å². The molecule has 2 aromatic rings. The summed E-state index contributed by atoms with van der Waals surface area (Å²) in [5.74, 6) is 0.653. The molecular weight excluding hydrogens is 232 g/mol. The smallest absolute Gasteiger partial charge is 0.244 e. The molecule has 0 radical (unpaired) electrons. The largest absolute Gasteiger partial charge is 0.490 e. The molecule has 1 fully saturated rings. The maximum absolute atomic E-state index is 11.5. The Morgan fingerprint density at radius 2 is 2.39 bits per heavy atom. The molecule has 1 aromatic carbocycles. The lowest BCUT2D eigenvalue weighted by atomic mass is 10.1. The summed E-state index contributed by atoms with van der Waals surface area (Å²) < 4.78 is 12.2. The highest BCUT2D eigenvalue weighted by Gasteiger charge is 2.23. The van der Waals surface area contributed by atoms with E-state index in [4.69, 9.17) is 9.47 Å². The molecule has 94 valence electrons. The van der Waals surface area contributed by atoms with Crippen LogP contribution in [0.4, 0.5) is 0 Å². The van der Waals surface area contributed by atoms with E-state index in [2.05, 4.69) is 5.10 Å². The highest BCUT2D eigenvalue weighted by atomic mass is 16.6. The molecule has 0 aliphatic carbocycles. The highest BCUT2D eigenvalue weighted by molar-refractivity contribution is 5.93. The zero-order valence-electron chi connectivity index (χ0n) is 10.3. The number of benzene rings is 1. The number of carbonyl (C=O) groups is 1. The number of rotatable bonds is 3. The molecule has 0 amide bonds. The van der Waals surface area contributed by atoms with Crippen LogP contribution >= 0.6 is 0 Å². The van der Waals surface area contributed by atoms with Crippen LogP contribution in [0.5, 0.6) is 5.75 Å². The zero-order valence-corrected chi connectivity index (χ0v) is 10.3. The van der Waals surface area contributed by atoms with Gasteiger partial charge in [0.25, 0.3) is 0 Å². The second-order valence-electron chi connectivity index (χ2n) is 4.54. The summed E-state index contributed by atoms with van der Waals surface area (Å²) in [7, 11) is 0. The number of aryl methyl sites for hydroxylation is 1. The number of hydrogen-bond donors (Lipinski definition) is 0. The predicted molar refractivity (Wildman–Crippen MR) is 66.0 cm³/mol. The van der Waals surface area contributed by atoms with Crippen LogP contribution in [0.15, 0.2) is 18.3 Å². The number of hydrogen-bond acceptors (Lipinski definition) is 4. The van der Waals surface area contributed by atoms with Gasteiger partial charge in [0.05, 0.1) is 23.7 Å². The maximum atomic E-state index is 11.5. The maximum Gasteiger partial charge on any atom is 0.244 e. The van der Waals surface area contributed by atoms with Gasteiger partial charge in [-0.2, -0.15) is 5.10 Å². The molecule has 0 saturated carbocycles. The van der Waals surface area contributed by atoms with Crippen LogP contribution in [0, 0.1) is 6.92 Å². The first-order chi connectivity index (χ1) is 8.65. The van der Waals surface area contributed by atoms with Crippen LogP contribution in [0.2, 0.25) is 0 Å². The van der Waals surface area contributed by atoms with Gasteiger partial charge in [-0.3, -0.25) is 4.79 Å². The van der Waals surface area contributed by atoms with Crippen LogP contribution in [0.3, 0.4) is 0 Å². The fourth-order valence-electron chi connectivity index (χ4n) is 1.95. The molecule has 1 atom stereocenters. The quantitative estimate of drug-likeness (QED) is 0.775. The number of carbonyl (C=O) groups excluding carboxylic acids is 1. The summed E-state index contributed by atoms with van der Waals surface area (Å²) in [6.07, 6.45) is 1.88. The first-order valence-corrected chi connectivity index (χ1v) is 5.89. The van der Waals surface area contributed by atoms with Gasteiger partial charge in [0.1, 0.15) is 18.5 Å². The number of nitrogens with zero attached hydrogens (tertiary/aromatic N) is 2. The van der Waals surface area contributed by atoms with Crippen molar-refractivity contribution in [1.82, 2.24) is 9.78 Å². The Morgan fingerprint density at radius 3 is 3.06 bits per heavy atom. The van der Waals surface area contributed by atoms with Crippen molar-refractivity contribution in [2.24, 2.45) is 0 Å². The van der Waals surface area contributed by atoms with Gasteiger partial charge in [0.2, 0.25) is 5.91 Å². The predicted octanol–water partition coefficient (Wildman–Crippen LogP) is 1.78. The van der Waals surface area contributed by atoms with Crippen molar-refractivity contribution in [1.29, 1.82) is 0 Å². The lowest BCUT2D eigenvalue weighted by Crippen LogP contribution is -2.07. The Morgan fingerprint density at radius 1 is 1.61 bits per heavy atom. The lowest BCUT2D eigenvalue weighted by molar-refractivity contribution is 0.0927. The molecule has 0 spiro atoms. The number of aromatic nitrogens is 2. The van der Waals surface area contributed by atoms with Gasteiger partial charge in [-0.05, 0) is 24.6 Å². The summed E-state index contributed by atoms with van der Waals surface area (Å²) >= 11 is 0. The monoisotopic (exact) mass is 246 g/mol. The van der Waals surface area contributed by atoms with Crippen molar-refractivity contribution in [3.05, 3.63) is 23.9 Å². The van der Waals surface area contributed by atoms with Crippen molar-refractivity contribution < 1.29 is 14.3 Å². The summed E-state index contributed by atoms with van der Waals surface area (Å²) in [4.78, 5) is 11.5. The van der Waals surface area contributed by atoms with E-state index in [0.29, 0.717) is 6.61 Å². The van der Waals surface area contributed by atoms with Crippen molar-refractivity contribution in [2.75, 3.05) is 13.2 Å². The number of ether oxygens (including phenoxy) is 2. The molecule has 1 aliphatic rings. The molecule has 1 saturated heterocycles. The summed E-state index contributed by atoms with van der Waals surface area (Å²) in [5, 5.41) is 4.95. The molecule has 1 aliphatic heterocycles. The summed E-state index contributed by atoms with van der Waals surface area (Å²) in [6.45, 7) is 4.77. The molecule has 1 aromatic heterocycles. The lowest BCUT2D eigenvalue weighted by Gasteiger charge is -2.07. The number of epoxide rings is 1. The first kappa shape index (κ1) is 11.2. The third-order valence-corrected chi connectivity index (χ3v) is 2.92. The Kier molecular flexibility index (Phi) is 2.56. The van der Waals surface area contributed by atoms with E-state index in [9.17, 15) is 4.79 Å². The zero-order chi connectivity index (χ0) is 12.7. The van der Waals surface area contributed by atoms with E-state index in [1.807, 2.05) is 19.1 Å². The normalized spacial score (nSPS) is 18.0. The second kappa shape index (κ2) is 4.10. The van der Waals surface area contributed by atoms with Gasteiger partial charge in [-0.1, -0.05) is 0 Å². The van der Waals surface area contributed by atoms with E-state index in [1.54, 1.807) is 6.20 Å². The fraction of sp³-hybridized carbons (Fsp3) is 0.385. The minimum absolute atomic E-state index is 0.105. The van der Waals surface area contributed by atoms with Crippen LogP contribution in [-0.2, 0) is 4.74 Å². The van der Waals surface area contributed by atoms with Crippen molar-refractivity contribution in [3.8, 4) is 5.75 Å². The molecule has 1 unspecified atom stereocenters. The third-order valence-electron chi connectivity index (χ3n) is 2.92. The molecular formula is C13H14N2O3. The van der Waals surface area contributed by atoms with Gasteiger partial charge >= 0.3 is 0 Å². The first-order valence-electron chi connectivity index (χ1n) is 5.89. The molecule has 5 heteroatoms. The van der Waals surface area contributed by atoms with Crippen LogP contribution in [0.1, 0.15) is 17.3 Å². The summed E-state index contributed by atoms with van der Waals surface area (Å²) in [6, 6.07) is 3.89. The van der Waals surface area contributed by atoms with Crippen molar-refractivity contribution >= 4 is 16.8 Å². The third kappa shape index (κ3) is 1.97. The van der Waals surface area contributed by atoms with E-state index < -0.39 is 0 Å². The minimum atomic E-state index is -0.105. The molecule has 0 bridgehead atoms. The van der Waals surface area contributed by atoms with Crippen LogP contribution < -0.4 is 4.74 Å². The van der Waals surface area contributed by atoms with Gasteiger partial charge in [0, 0.05) is 6.92 Å². The van der Waals surface area contributed by atoms with Gasteiger partial charge < -0.3 is 9.47 Å². The van der Waals surface area contributed by atoms with E-state index in [0.717, 1.165) is 28.8 Å². The molecule has 0 N–H and O–H groups in total. The van der Waals surface area contributed by atoms with Crippen LogP contribution in [-0.4, -0.2) is 35.0 Å². The van der Waals surface area contributed by atoms with E-state index in [1.165, 1.54) is 11.6 Å². The van der Waals surface area contributed by atoms with Crippen molar-refractivity contribution in [2.45, 2.75) is 20.0 Å². The molecule has 5 nitrogen and oxygen atoms in total. The molecule has 3 rings (SSSR count). The minimum Gasteiger partial charge on any atom is -0.490 e. The molecule has 2 heterocycles.